The number of carbonyl (C=O) groups excluding carboxylic acids is 1. The summed E-state index contributed by atoms with van der Waals surface area (Å²) < 4.78 is 5.12. The summed E-state index contributed by atoms with van der Waals surface area (Å²) in [6.45, 7) is 3.27. The van der Waals surface area contributed by atoms with Gasteiger partial charge in [-0.1, -0.05) is 6.92 Å². The number of nitrogens with zero attached hydrogens (tertiary/aromatic N) is 2. The molecular formula is C15H15N3O4. The Hall–Kier alpha value is -2.96. The molecule has 0 amide bonds. The number of ether oxygens (including phenoxy) is 1. The largest absolute Gasteiger partial charge is 0.426 e. The van der Waals surface area contributed by atoms with Crippen molar-refractivity contribution < 1.29 is 14.5 Å². The summed E-state index contributed by atoms with van der Waals surface area (Å²) in [7, 11) is 0. The molecule has 0 radical (unpaired) electrons. The number of aryl methyl sites for hydroxylation is 1. The molecule has 0 saturated heterocycles. The van der Waals surface area contributed by atoms with Crippen molar-refractivity contribution in [2.75, 3.05) is 5.32 Å². The average molecular weight is 301 g/mol. The second-order valence-electron chi connectivity index (χ2n) is 4.54. The van der Waals surface area contributed by atoms with E-state index in [1.807, 2.05) is 6.92 Å². The van der Waals surface area contributed by atoms with Crippen molar-refractivity contribution >= 4 is 23.0 Å². The van der Waals surface area contributed by atoms with Gasteiger partial charge in [0, 0.05) is 18.8 Å². The quantitative estimate of drug-likeness (QED) is 0.394. The summed E-state index contributed by atoms with van der Waals surface area (Å²) in [5.74, 6) is 0.102. The molecule has 0 aliphatic rings. The van der Waals surface area contributed by atoms with Gasteiger partial charge in [-0.2, -0.15) is 0 Å². The molecule has 1 aromatic carbocycles. The topological polar surface area (TPSA) is 94.4 Å². The number of nitro groups is 1. The van der Waals surface area contributed by atoms with Crippen molar-refractivity contribution in [1.82, 2.24) is 4.98 Å². The van der Waals surface area contributed by atoms with E-state index in [1.165, 1.54) is 25.4 Å². The molecule has 2 aromatic rings. The number of hydrogen-bond acceptors (Lipinski definition) is 6. The van der Waals surface area contributed by atoms with Crippen LogP contribution in [0.2, 0.25) is 0 Å². The molecule has 1 aromatic heterocycles. The Kier molecular flexibility index (Phi) is 4.67. The highest BCUT2D eigenvalue weighted by Crippen LogP contribution is 2.29. The van der Waals surface area contributed by atoms with Gasteiger partial charge in [0.1, 0.15) is 17.6 Å². The zero-order chi connectivity index (χ0) is 16.1. The molecule has 1 heterocycles. The first kappa shape index (κ1) is 15.4. The number of nitrogens with one attached hydrogen (secondary N) is 1. The van der Waals surface area contributed by atoms with Gasteiger partial charge in [-0.25, -0.2) is 0 Å². The van der Waals surface area contributed by atoms with Gasteiger partial charge in [-0.05, 0) is 36.2 Å². The van der Waals surface area contributed by atoms with Crippen molar-refractivity contribution in [3.05, 3.63) is 52.3 Å². The van der Waals surface area contributed by atoms with Crippen LogP contribution in [-0.4, -0.2) is 15.9 Å². The van der Waals surface area contributed by atoms with E-state index in [0.717, 1.165) is 5.56 Å². The molecule has 0 saturated carbocycles. The number of carbonyl (C=O) groups is 1. The minimum atomic E-state index is -0.497. The molecule has 7 heteroatoms. The van der Waals surface area contributed by atoms with Crippen LogP contribution in [0.15, 0.2) is 36.7 Å². The Labute approximate surface area is 127 Å². The van der Waals surface area contributed by atoms with Crippen LogP contribution in [0.1, 0.15) is 19.4 Å². The first-order chi connectivity index (χ1) is 10.5. The predicted octanol–water partition coefficient (Wildman–Crippen LogP) is 3.22. The van der Waals surface area contributed by atoms with Crippen LogP contribution >= 0.6 is 0 Å². The third kappa shape index (κ3) is 3.57. The second kappa shape index (κ2) is 6.66. The smallest absolute Gasteiger partial charge is 0.310 e. The van der Waals surface area contributed by atoms with Gasteiger partial charge >= 0.3 is 11.7 Å². The average Bonchev–Trinajstić information content (AvgIpc) is 2.48. The number of esters is 1. The molecule has 0 unspecified atom stereocenters. The standard InChI is InChI=1S/C15H15N3O4/c1-3-11-8-12(4-5-15(11)22-10(2)19)17-13-6-7-16-9-14(13)18(20)21/h4-9H,3H2,1-2H3,(H,16,17). The zero-order valence-corrected chi connectivity index (χ0v) is 12.2. The lowest BCUT2D eigenvalue weighted by molar-refractivity contribution is -0.384. The molecule has 1 N–H and O–H groups in total. The van der Waals surface area contributed by atoms with Crippen LogP contribution in [0.25, 0.3) is 0 Å². The molecule has 0 bridgehead atoms. The lowest BCUT2D eigenvalue weighted by atomic mass is 10.1. The Bertz CT molecular complexity index is 716. The number of rotatable bonds is 5. The maximum atomic E-state index is 11.1. The monoisotopic (exact) mass is 301 g/mol. The number of aromatic nitrogens is 1. The molecule has 0 fully saturated rings. The van der Waals surface area contributed by atoms with Crippen molar-refractivity contribution in [2.24, 2.45) is 0 Å². The summed E-state index contributed by atoms with van der Waals surface area (Å²) in [4.78, 5) is 25.3. The van der Waals surface area contributed by atoms with Gasteiger partial charge in [0.25, 0.3) is 0 Å². The number of anilines is 2. The van der Waals surface area contributed by atoms with Crippen molar-refractivity contribution in [3.63, 3.8) is 0 Å². The Morgan fingerprint density at radius 1 is 1.41 bits per heavy atom. The second-order valence-corrected chi connectivity index (χ2v) is 4.54. The summed E-state index contributed by atoms with van der Waals surface area (Å²) in [6.07, 6.45) is 3.33. The number of pyridine rings is 1. The minimum Gasteiger partial charge on any atom is -0.426 e. The van der Waals surface area contributed by atoms with Gasteiger partial charge in [-0.15, -0.1) is 0 Å². The van der Waals surface area contributed by atoms with E-state index in [2.05, 4.69) is 10.3 Å². The third-order valence-corrected chi connectivity index (χ3v) is 2.97. The maximum Gasteiger partial charge on any atom is 0.310 e. The van der Waals surface area contributed by atoms with Crippen molar-refractivity contribution in [3.8, 4) is 5.75 Å². The maximum absolute atomic E-state index is 11.1. The summed E-state index contributed by atoms with van der Waals surface area (Å²) >= 11 is 0. The van der Waals surface area contributed by atoms with Crippen molar-refractivity contribution in [2.45, 2.75) is 20.3 Å². The molecule has 22 heavy (non-hydrogen) atoms. The van der Waals surface area contributed by atoms with Crippen LogP contribution < -0.4 is 10.1 Å². The van der Waals surface area contributed by atoms with Gasteiger partial charge in [0.15, 0.2) is 0 Å². The summed E-state index contributed by atoms with van der Waals surface area (Å²) in [5, 5.41) is 14.0. The van der Waals surface area contributed by atoms with Gasteiger partial charge < -0.3 is 10.1 Å². The van der Waals surface area contributed by atoms with E-state index < -0.39 is 4.92 Å². The Balaban J connectivity index is 2.31. The molecule has 0 atom stereocenters. The van der Waals surface area contributed by atoms with E-state index in [4.69, 9.17) is 4.74 Å². The molecule has 114 valence electrons. The number of benzene rings is 1. The van der Waals surface area contributed by atoms with Gasteiger partial charge in [0.2, 0.25) is 0 Å². The molecule has 0 spiro atoms. The molecule has 0 aliphatic carbocycles. The first-order valence-corrected chi connectivity index (χ1v) is 6.68. The highest BCUT2D eigenvalue weighted by atomic mass is 16.6. The minimum absolute atomic E-state index is 0.107. The normalized spacial score (nSPS) is 10.1. The summed E-state index contributed by atoms with van der Waals surface area (Å²) in [6, 6.07) is 6.68. The van der Waals surface area contributed by atoms with Crippen LogP contribution in [0.3, 0.4) is 0 Å². The lowest BCUT2D eigenvalue weighted by Crippen LogP contribution is -2.04. The molecule has 0 aliphatic heterocycles. The highest BCUT2D eigenvalue weighted by molar-refractivity contribution is 5.72. The highest BCUT2D eigenvalue weighted by Gasteiger charge is 2.14. The fourth-order valence-corrected chi connectivity index (χ4v) is 1.98. The molecule has 7 nitrogen and oxygen atoms in total. The van der Waals surface area contributed by atoms with Gasteiger partial charge in [-0.3, -0.25) is 19.9 Å². The third-order valence-electron chi connectivity index (χ3n) is 2.97. The van der Waals surface area contributed by atoms with E-state index in [-0.39, 0.29) is 11.7 Å². The van der Waals surface area contributed by atoms with E-state index in [9.17, 15) is 14.9 Å². The van der Waals surface area contributed by atoms with Crippen LogP contribution in [0, 0.1) is 10.1 Å². The van der Waals surface area contributed by atoms with E-state index in [1.54, 1.807) is 18.2 Å². The Morgan fingerprint density at radius 3 is 2.82 bits per heavy atom. The zero-order valence-electron chi connectivity index (χ0n) is 12.2. The van der Waals surface area contributed by atoms with Crippen LogP contribution in [-0.2, 0) is 11.2 Å². The first-order valence-electron chi connectivity index (χ1n) is 6.68. The lowest BCUT2D eigenvalue weighted by Gasteiger charge is -2.11. The number of hydrogen-bond donors (Lipinski definition) is 1. The van der Waals surface area contributed by atoms with Crippen LogP contribution in [0.4, 0.5) is 17.1 Å². The SMILES string of the molecule is CCc1cc(Nc2ccncc2[N+](=O)[O-])ccc1OC(C)=O. The van der Waals surface area contributed by atoms with Crippen molar-refractivity contribution in [1.29, 1.82) is 0 Å². The fourth-order valence-electron chi connectivity index (χ4n) is 1.98. The van der Waals surface area contributed by atoms with Gasteiger partial charge in [0.05, 0.1) is 4.92 Å². The Morgan fingerprint density at radius 2 is 2.18 bits per heavy atom. The van der Waals surface area contributed by atoms with Crippen LogP contribution in [0.5, 0.6) is 5.75 Å². The predicted molar refractivity (Wildman–Crippen MR) is 81.3 cm³/mol. The summed E-state index contributed by atoms with van der Waals surface area (Å²) in [5.41, 5.74) is 1.74. The molecule has 2 rings (SSSR count). The molecular weight excluding hydrogens is 286 g/mol. The van der Waals surface area contributed by atoms with E-state index >= 15 is 0 Å². The van der Waals surface area contributed by atoms with E-state index in [0.29, 0.717) is 23.5 Å². The fraction of sp³-hybridized carbons (Fsp3) is 0.200.